The molecule has 2 atom stereocenters. The number of halogens is 1. The Balaban J connectivity index is 2.09. The zero-order chi connectivity index (χ0) is 13.5. The molecule has 98 valence electrons. The maximum atomic E-state index is 12.9. The van der Waals surface area contributed by atoms with E-state index in [9.17, 15) is 14.3 Å². The third kappa shape index (κ3) is 2.06. The first kappa shape index (κ1) is 12.8. The molecule has 0 bridgehead atoms. The van der Waals surface area contributed by atoms with Gasteiger partial charge in [-0.1, -0.05) is 13.8 Å². The Morgan fingerprint density at radius 2 is 2.22 bits per heavy atom. The van der Waals surface area contributed by atoms with Gasteiger partial charge in [0.15, 0.2) is 0 Å². The van der Waals surface area contributed by atoms with Crippen LogP contribution in [0, 0.1) is 11.2 Å². The highest BCUT2D eigenvalue weighted by atomic mass is 19.1. The Hall–Kier alpha value is -1.62. The van der Waals surface area contributed by atoms with E-state index in [1.165, 1.54) is 12.1 Å². The van der Waals surface area contributed by atoms with Gasteiger partial charge in [0.05, 0.1) is 11.7 Å². The van der Waals surface area contributed by atoms with Gasteiger partial charge in [-0.3, -0.25) is 4.79 Å². The molecule has 1 aromatic carbocycles. The summed E-state index contributed by atoms with van der Waals surface area (Å²) in [5, 5.41) is 12.4. The lowest BCUT2D eigenvalue weighted by Crippen LogP contribution is -2.61. The molecule has 0 spiro atoms. The van der Waals surface area contributed by atoms with E-state index in [0.717, 1.165) is 6.07 Å². The van der Waals surface area contributed by atoms with E-state index in [-0.39, 0.29) is 28.6 Å². The minimum absolute atomic E-state index is 0.0931. The fraction of sp³-hybridized carbons (Fsp3) is 0.462. The van der Waals surface area contributed by atoms with Gasteiger partial charge in [0, 0.05) is 17.1 Å². The van der Waals surface area contributed by atoms with Crippen molar-refractivity contribution in [2.75, 3.05) is 5.73 Å². The average molecular weight is 252 g/mol. The van der Waals surface area contributed by atoms with Crippen LogP contribution in [0.5, 0.6) is 0 Å². The van der Waals surface area contributed by atoms with E-state index in [0.29, 0.717) is 6.42 Å². The third-order valence-electron chi connectivity index (χ3n) is 3.78. The van der Waals surface area contributed by atoms with Gasteiger partial charge in [0.1, 0.15) is 5.82 Å². The Kier molecular flexibility index (Phi) is 3.02. The van der Waals surface area contributed by atoms with Gasteiger partial charge in [-0.25, -0.2) is 4.39 Å². The zero-order valence-corrected chi connectivity index (χ0v) is 10.4. The minimum Gasteiger partial charge on any atom is -0.398 e. The van der Waals surface area contributed by atoms with E-state index in [1.807, 2.05) is 13.8 Å². The second-order valence-electron chi connectivity index (χ2n) is 5.33. The van der Waals surface area contributed by atoms with E-state index < -0.39 is 11.9 Å². The lowest BCUT2D eigenvalue weighted by Gasteiger charge is -2.49. The number of nitrogens with one attached hydrogen (secondary N) is 1. The molecule has 4 N–H and O–H groups in total. The molecule has 1 aliphatic carbocycles. The van der Waals surface area contributed by atoms with Crippen molar-refractivity contribution < 1.29 is 14.3 Å². The Morgan fingerprint density at radius 1 is 1.56 bits per heavy atom. The lowest BCUT2D eigenvalue weighted by atomic mass is 9.64. The minimum atomic E-state index is -0.469. The summed E-state index contributed by atoms with van der Waals surface area (Å²) in [5.74, 6) is -0.805. The molecule has 1 aliphatic rings. The van der Waals surface area contributed by atoms with Gasteiger partial charge in [-0.15, -0.1) is 0 Å². The summed E-state index contributed by atoms with van der Waals surface area (Å²) in [5.41, 5.74) is 5.63. The first-order valence-corrected chi connectivity index (χ1v) is 5.86. The predicted octanol–water partition coefficient (Wildman–Crippen LogP) is 1.30. The number of nitrogens with two attached hydrogens (primary N) is 1. The number of nitrogen functional groups attached to an aromatic ring is 1. The SMILES string of the molecule is CC1(C)C(O)CC1NC(=O)c1ccc(F)cc1N. The van der Waals surface area contributed by atoms with Crippen LogP contribution in [0.25, 0.3) is 0 Å². The third-order valence-corrected chi connectivity index (χ3v) is 3.78. The monoisotopic (exact) mass is 252 g/mol. The molecule has 1 fully saturated rings. The maximum Gasteiger partial charge on any atom is 0.253 e. The summed E-state index contributed by atoms with van der Waals surface area (Å²) in [4.78, 5) is 12.0. The average Bonchev–Trinajstić information content (AvgIpc) is 2.28. The number of carbonyl (C=O) groups excluding carboxylic acids is 1. The van der Waals surface area contributed by atoms with Crippen LogP contribution < -0.4 is 11.1 Å². The second-order valence-corrected chi connectivity index (χ2v) is 5.33. The van der Waals surface area contributed by atoms with Crippen molar-refractivity contribution >= 4 is 11.6 Å². The van der Waals surface area contributed by atoms with Gasteiger partial charge in [0.25, 0.3) is 5.91 Å². The Labute approximate surface area is 105 Å². The van der Waals surface area contributed by atoms with Crippen molar-refractivity contribution in [2.45, 2.75) is 32.4 Å². The number of aliphatic hydroxyl groups is 1. The van der Waals surface area contributed by atoms with E-state index in [1.54, 1.807) is 0 Å². The summed E-state index contributed by atoms with van der Waals surface area (Å²) in [7, 11) is 0. The van der Waals surface area contributed by atoms with Crippen molar-refractivity contribution in [2.24, 2.45) is 5.41 Å². The molecular formula is C13H17FN2O2. The molecule has 0 aliphatic heterocycles. The lowest BCUT2D eigenvalue weighted by molar-refractivity contribution is -0.0689. The van der Waals surface area contributed by atoms with Crippen LogP contribution in [0.2, 0.25) is 0 Å². The van der Waals surface area contributed by atoms with Crippen LogP contribution >= 0.6 is 0 Å². The normalized spacial score (nSPS) is 25.3. The van der Waals surface area contributed by atoms with Gasteiger partial charge >= 0.3 is 0 Å². The molecule has 2 rings (SSSR count). The van der Waals surface area contributed by atoms with Crippen LogP contribution in [0.15, 0.2) is 18.2 Å². The summed E-state index contributed by atoms with van der Waals surface area (Å²) >= 11 is 0. The molecule has 18 heavy (non-hydrogen) atoms. The van der Waals surface area contributed by atoms with Gasteiger partial charge in [-0.05, 0) is 24.6 Å². The molecule has 0 saturated heterocycles. The van der Waals surface area contributed by atoms with Crippen LogP contribution in [-0.2, 0) is 0 Å². The molecule has 1 aromatic rings. The highest BCUT2D eigenvalue weighted by Crippen LogP contribution is 2.40. The number of anilines is 1. The van der Waals surface area contributed by atoms with Crippen LogP contribution in [0.1, 0.15) is 30.6 Å². The van der Waals surface area contributed by atoms with Gasteiger partial charge in [-0.2, -0.15) is 0 Å². The number of hydrogen-bond acceptors (Lipinski definition) is 3. The topological polar surface area (TPSA) is 75.3 Å². The second kappa shape index (κ2) is 4.24. The quantitative estimate of drug-likeness (QED) is 0.694. The maximum absolute atomic E-state index is 12.9. The number of benzene rings is 1. The highest BCUT2D eigenvalue weighted by Gasteiger charge is 2.48. The molecule has 4 nitrogen and oxygen atoms in total. The largest absolute Gasteiger partial charge is 0.398 e. The van der Waals surface area contributed by atoms with Crippen molar-refractivity contribution in [3.8, 4) is 0 Å². The summed E-state index contributed by atoms with van der Waals surface area (Å²) in [6.07, 6.45) is 0.119. The van der Waals surface area contributed by atoms with Gasteiger partial charge in [0.2, 0.25) is 0 Å². The number of hydrogen-bond donors (Lipinski definition) is 3. The number of amides is 1. The highest BCUT2D eigenvalue weighted by molar-refractivity contribution is 5.99. The Bertz CT molecular complexity index is 488. The molecule has 0 heterocycles. The molecule has 1 amide bonds. The van der Waals surface area contributed by atoms with Gasteiger partial charge < -0.3 is 16.2 Å². The number of rotatable bonds is 2. The van der Waals surface area contributed by atoms with E-state index in [2.05, 4.69) is 5.32 Å². The summed E-state index contributed by atoms with van der Waals surface area (Å²) in [6, 6.07) is 3.59. The molecule has 0 aromatic heterocycles. The molecule has 5 heteroatoms. The first-order valence-electron chi connectivity index (χ1n) is 5.86. The Morgan fingerprint density at radius 3 is 2.72 bits per heavy atom. The predicted molar refractivity (Wildman–Crippen MR) is 66.5 cm³/mol. The van der Waals surface area contributed by atoms with Crippen molar-refractivity contribution in [1.29, 1.82) is 0 Å². The number of carbonyl (C=O) groups is 1. The van der Waals surface area contributed by atoms with E-state index in [4.69, 9.17) is 5.73 Å². The van der Waals surface area contributed by atoms with E-state index >= 15 is 0 Å². The molecule has 0 radical (unpaired) electrons. The van der Waals surface area contributed by atoms with Crippen LogP contribution in [-0.4, -0.2) is 23.2 Å². The number of aliphatic hydroxyl groups excluding tert-OH is 1. The molecular weight excluding hydrogens is 235 g/mol. The smallest absolute Gasteiger partial charge is 0.253 e. The van der Waals surface area contributed by atoms with Crippen molar-refractivity contribution in [1.82, 2.24) is 5.32 Å². The van der Waals surface area contributed by atoms with Crippen molar-refractivity contribution in [3.63, 3.8) is 0 Å². The first-order chi connectivity index (χ1) is 8.32. The van der Waals surface area contributed by atoms with Crippen LogP contribution in [0.3, 0.4) is 0 Å². The molecule has 2 unspecified atom stereocenters. The fourth-order valence-corrected chi connectivity index (χ4v) is 2.12. The van der Waals surface area contributed by atoms with Crippen molar-refractivity contribution in [3.05, 3.63) is 29.6 Å². The molecule has 1 saturated carbocycles. The zero-order valence-electron chi connectivity index (χ0n) is 10.4. The standard InChI is InChI=1S/C13H17FN2O2/c1-13(2)10(6-11(13)17)16-12(18)8-4-3-7(14)5-9(8)15/h3-5,10-11,17H,6,15H2,1-2H3,(H,16,18). The summed E-state index contributed by atoms with van der Waals surface area (Å²) in [6.45, 7) is 3.78. The van der Waals surface area contributed by atoms with Crippen LogP contribution in [0.4, 0.5) is 10.1 Å². The fourth-order valence-electron chi connectivity index (χ4n) is 2.12. The summed E-state index contributed by atoms with van der Waals surface area (Å²) < 4.78 is 12.9.